The lowest BCUT2D eigenvalue weighted by Gasteiger charge is -2.33. The molecule has 0 amide bonds. The van der Waals surface area contributed by atoms with Gasteiger partial charge in [-0.2, -0.15) is 0 Å². The quantitative estimate of drug-likeness (QED) is 0.808. The molecule has 3 saturated heterocycles. The largest absolute Gasteiger partial charge is 0.372 e. The van der Waals surface area contributed by atoms with Gasteiger partial charge in [-0.3, -0.25) is 4.90 Å². The summed E-state index contributed by atoms with van der Waals surface area (Å²) in [6.45, 7) is 3.64. The van der Waals surface area contributed by atoms with E-state index < -0.39 is 0 Å². The van der Waals surface area contributed by atoms with Crippen LogP contribution in [0.25, 0.3) is 0 Å². The van der Waals surface area contributed by atoms with Crippen LogP contribution in [0.2, 0.25) is 0 Å². The van der Waals surface area contributed by atoms with E-state index in [1.165, 1.54) is 64.6 Å². The highest BCUT2D eigenvalue weighted by atomic mass is 16.5. The number of morpholine rings is 1. The minimum Gasteiger partial charge on any atom is -0.372 e. The molecule has 0 radical (unpaired) electrons. The van der Waals surface area contributed by atoms with Crippen LogP contribution in [0.4, 0.5) is 0 Å². The average Bonchev–Trinajstić information content (AvgIpc) is 2.92. The number of likely N-dealkylation sites (tertiary alicyclic amines) is 1. The van der Waals surface area contributed by atoms with Gasteiger partial charge in [0.05, 0.1) is 12.2 Å². The van der Waals surface area contributed by atoms with Gasteiger partial charge in [-0.05, 0) is 38.0 Å². The molecule has 3 heterocycles. The van der Waals surface area contributed by atoms with E-state index in [4.69, 9.17) is 4.74 Å². The van der Waals surface area contributed by atoms with Crippen molar-refractivity contribution < 1.29 is 4.74 Å². The van der Waals surface area contributed by atoms with Crippen molar-refractivity contribution in [1.29, 1.82) is 0 Å². The number of hydrogen-bond donors (Lipinski definition) is 1. The topological polar surface area (TPSA) is 24.5 Å². The van der Waals surface area contributed by atoms with Crippen LogP contribution in [-0.2, 0) is 4.74 Å². The second-order valence-electron chi connectivity index (χ2n) is 6.93. The molecule has 1 aliphatic carbocycles. The smallest absolute Gasteiger partial charge is 0.0707 e. The van der Waals surface area contributed by atoms with Gasteiger partial charge in [0, 0.05) is 31.7 Å². The lowest BCUT2D eigenvalue weighted by atomic mass is 9.85. The van der Waals surface area contributed by atoms with Crippen molar-refractivity contribution in [2.24, 2.45) is 5.92 Å². The molecule has 0 aromatic heterocycles. The number of rotatable bonds is 2. The lowest BCUT2D eigenvalue weighted by molar-refractivity contribution is -0.0402. The zero-order valence-corrected chi connectivity index (χ0v) is 11.3. The molecule has 18 heavy (non-hydrogen) atoms. The van der Waals surface area contributed by atoms with Crippen LogP contribution < -0.4 is 5.32 Å². The summed E-state index contributed by atoms with van der Waals surface area (Å²) >= 11 is 0. The molecule has 5 unspecified atom stereocenters. The molecule has 2 bridgehead atoms. The minimum atomic E-state index is 0.549. The maximum absolute atomic E-state index is 5.92. The molecular formula is C15H26N2O. The van der Waals surface area contributed by atoms with Crippen LogP contribution in [-0.4, -0.2) is 48.8 Å². The van der Waals surface area contributed by atoms with Crippen molar-refractivity contribution >= 4 is 0 Å². The lowest BCUT2D eigenvalue weighted by Crippen LogP contribution is -2.48. The summed E-state index contributed by atoms with van der Waals surface area (Å²) in [5, 5.41) is 3.91. The van der Waals surface area contributed by atoms with E-state index in [0.29, 0.717) is 12.2 Å². The van der Waals surface area contributed by atoms with E-state index in [1.54, 1.807) is 0 Å². The summed E-state index contributed by atoms with van der Waals surface area (Å²) in [6.07, 6.45) is 10.9. The summed E-state index contributed by atoms with van der Waals surface area (Å²) in [7, 11) is 0. The Morgan fingerprint density at radius 1 is 1.00 bits per heavy atom. The van der Waals surface area contributed by atoms with E-state index in [1.807, 2.05) is 0 Å². The number of fused-ring (bicyclic) bond motifs is 3. The van der Waals surface area contributed by atoms with Crippen LogP contribution >= 0.6 is 0 Å². The summed E-state index contributed by atoms with van der Waals surface area (Å²) < 4.78 is 5.92. The highest BCUT2D eigenvalue weighted by molar-refractivity contribution is 4.95. The molecule has 3 aliphatic heterocycles. The first-order valence-corrected chi connectivity index (χ1v) is 8.01. The Labute approximate surface area is 110 Å². The minimum absolute atomic E-state index is 0.549. The zero-order valence-electron chi connectivity index (χ0n) is 11.3. The maximum Gasteiger partial charge on any atom is 0.0707 e. The SMILES string of the molecule is C1CCC2NC(CN3CC4CCC(C3)O4)CC2C1. The van der Waals surface area contributed by atoms with E-state index in [0.717, 1.165) is 18.0 Å². The van der Waals surface area contributed by atoms with Gasteiger partial charge in [-0.1, -0.05) is 12.8 Å². The van der Waals surface area contributed by atoms with E-state index in [-0.39, 0.29) is 0 Å². The monoisotopic (exact) mass is 250 g/mol. The second-order valence-corrected chi connectivity index (χ2v) is 6.93. The molecular weight excluding hydrogens is 224 g/mol. The Hall–Kier alpha value is -0.120. The van der Waals surface area contributed by atoms with Gasteiger partial charge in [-0.15, -0.1) is 0 Å². The van der Waals surface area contributed by atoms with Crippen LogP contribution in [0.15, 0.2) is 0 Å². The fourth-order valence-electron chi connectivity index (χ4n) is 4.73. The summed E-state index contributed by atoms with van der Waals surface area (Å²) in [6, 6.07) is 1.61. The Morgan fingerprint density at radius 2 is 1.78 bits per heavy atom. The Balaban J connectivity index is 1.32. The first-order valence-electron chi connectivity index (χ1n) is 8.01. The van der Waals surface area contributed by atoms with Gasteiger partial charge in [0.1, 0.15) is 0 Å². The third-order valence-electron chi connectivity index (χ3n) is 5.54. The molecule has 102 valence electrons. The highest BCUT2D eigenvalue weighted by Gasteiger charge is 2.38. The fraction of sp³-hybridized carbons (Fsp3) is 1.00. The predicted octanol–water partition coefficient (Wildman–Crippen LogP) is 1.77. The summed E-state index contributed by atoms with van der Waals surface area (Å²) in [5.74, 6) is 0.988. The predicted molar refractivity (Wildman–Crippen MR) is 71.6 cm³/mol. The number of hydrogen-bond acceptors (Lipinski definition) is 3. The number of nitrogens with one attached hydrogen (secondary N) is 1. The third kappa shape index (κ3) is 2.21. The van der Waals surface area contributed by atoms with Crippen LogP contribution in [0.3, 0.4) is 0 Å². The van der Waals surface area contributed by atoms with Crippen molar-refractivity contribution in [3.63, 3.8) is 0 Å². The molecule has 3 heteroatoms. The molecule has 0 spiro atoms. The normalized spacial score (nSPS) is 48.3. The molecule has 3 nitrogen and oxygen atoms in total. The Bertz CT molecular complexity index is 283. The molecule has 0 aromatic carbocycles. The van der Waals surface area contributed by atoms with Crippen LogP contribution in [0, 0.1) is 5.92 Å². The van der Waals surface area contributed by atoms with Gasteiger partial charge in [0.2, 0.25) is 0 Å². The standard InChI is InChI=1S/C15H26N2O/c1-2-4-15-11(3-1)7-12(16-15)8-17-9-13-5-6-14(10-17)18-13/h11-16H,1-10H2. The zero-order chi connectivity index (χ0) is 11.9. The van der Waals surface area contributed by atoms with Gasteiger partial charge >= 0.3 is 0 Å². The van der Waals surface area contributed by atoms with Gasteiger partial charge in [0.25, 0.3) is 0 Å². The van der Waals surface area contributed by atoms with E-state index in [9.17, 15) is 0 Å². The maximum atomic E-state index is 5.92. The molecule has 0 aromatic rings. The van der Waals surface area contributed by atoms with Crippen LogP contribution in [0.5, 0.6) is 0 Å². The molecule has 4 fully saturated rings. The highest BCUT2D eigenvalue weighted by Crippen LogP contribution is 2.34. The molecule has 4 rings (SSSR count). The number of nitrogens with zero attached hydrogens (tertiary/aromatic N) is 1. The van der Waals surface area contributed by atoms with E-state index >= 15 is 0 Å². The van der Waals surface area contributed by atoms with Crippen molar-refractivity contribution in [2.45, 2.75) is 69.2 Å². The Kier molecular flexibility index (Phi) is 3.10. The average molecular weight is 250 g/mol. The third-order valence-corrected chi connectivity index (χ3v) is 5.54. The van der Waals surface area contributed by atoms with Crippen LogP contribution in [0.1, 0.15) is 44.9 Å². The van der Waals surface area contributed by atoms with Gasteiger partial charge in [0.15, 0.2) is 0 Å². The Morgan fingerprint density at radius 3 is 2.56 bits per heavy atom. The van der Waals surface area contributed by atoms with Crippen molar-refractivity contribution in [3.05, 3.63) is 0 Å². The molecule has 5 atom stereocenters. The van der Waals surface area contributed by atoms with Crippen molar-refractivity contribution in [3.8, 4) is 0 Å². The fourth-order valence-corrected chi connectivity index (χ4v) is 4.73. The van der Waals surface area contributed by atoms with Crippen molar-refractivity contribution in [2.75, 3.05) is 19.6 Å². The summed E-state index contributed by atoms with van der Waals surface area (Å²) in [4.78, 5) is 2.67. The molecule has 1 saturated carbocycles. The first-order chi connectivity index (χ1) is 8.87. The molecule has 1 N–H and O–H groups in total. The van der Waals surface area contributed by atoms with Gasteiger partial charge in [-0.25, -0.2) is 0 Å². The summed E-state index contributed by atoms with van der Waals surface area (Å²) in [5.41, 5.74) is 0. The van der Waals surface area contributed by atoms with E-state index in [2.05, 4.69) is 10.2 Å². The number of ether oxygens (including phenoxy) is 1. The van der Waals surface area contributed by atoms with Gasteiger partial charge < -0.3 is 10.1 Å². The van der Waals surface area contributed by atoms with Crippen molar-refractivity contribution in [1.82, 2.24) is 10.2 Å². The second kappa shape index (κ2) is 4.77. The molecule has 4 aliphatic rings. The first kappa shape index (κ1) is 11.7.